The summed E-state index contributed by atoms with van der Waals surface area (Å²) in [5.41, 5.74) is 1.56. The Morgan fingerprint density at radius 3 is 2.93 bits per heavy atom. The van der Waals surface area contributed by atoms with Gasteiger partial charge in [-0.15, -0.1) is 0 Å². The van der Waals surface area contributed by atoms with Gasteiger partial charge in [0.15, 0.2) is 11.5 Å². The Hall–Kier alpha value is -1.79. The number of piperidine rings is 1. The first kappa shape index (κ1) is 20.9. The number of ether oxygens (including phenoxy) is 3. The smallest absolute Gasteiger partial charge is 0.255 e. The molecule has 1 aromatic carbocycles. The van der Waals surface area contributed by atoms with Crippen molar-refractivity contribution in [2.24, 2.45) is 5.92 Å². The number of nitrogens with zero attached hydrogens (tertiary/aromatic N) is 1. The highest BCUT2D eigenvalue weighted by Crippen LogP contribution is 2.34. The van der Waals surface area contributed by atoms with Crippen LogP contribution < -0.4 is 14.8 Å². The first-order valence-electron chi connectivity index (χ1n) is 10.6. The van der Waals surface area contributed by atoms with Crippen molar-refractivity contribution in [1.29, 1.82) is 0 Å². The maximum Gasteiger partial charge on any atom is 0.255 e. The summed E-state index contributed by atoms with van der Waals surface area (Å²) < 4.78 is 17.3. The number of methoxy groups -OCH3 is 1. The molecule has 0 radical (unpaired) electrons. The van der Waals surface area contributed by atoms with Gasteiger partial charge in [0.1, 0.15) is 0 Å². The molecular formula is C22H34N2O4. The monoisotopic (exact) mass is 390 g/mol. The number of amides is 1. The van der Waals surface area contributed by atoms with Crippen LogP contribution in [-0.4, -0.2) is 63.4 Å². The van der Waals surface area contributed by atoms with Crippen LogP contribution in [0.5, 0.6) is 11.5 Å². The molecule has 2 atom stereocenters. The number of carbonyl (C=O) groups is 1. The number of fused-ring (bicyclic) bond motifs is 1. The number of hydrogen-bond donors (Lipinski definition) is 1. The lowest BCUT2D eigenvalue weighted by Crippen LogP contribution is -2.48. The zero-order valence-corrected chi connectivity index (χ0v) is 17.5. The van der Waals surface area contributed by atoms with Crippen molar-refractivity contribution in [2.75, 3.05) is 46.5 Å². The molecule has 0 aliphatic carbocycles. The lowest BCUT2D eigenvalue weighted by molar-refractivity contribution is -0.0106. The molecule has 28 heavy (non-hydrogen) atoms. The number of carbonyl (C=O) groups excluding carboxylic acids is 1. The quantitative estimate of drug-likeness (QED) is 0.776. The topological polar surface area (TPSA) is 60.0 Å². The summed E-state index contributed by atoms with van der Waals surface area (Å²) in [5.74, 6) is 1.46. The van der Waals surface area contributed by atoms with Crippen molar-refractivity contribution in [2.45, 2.75) is 45.6 Å². The molecule has 1 fully saturated rings. The summed E-state index contributed by atoms with van der Waals surface area (Å²) in [7, 11) is 1.77. The third-order valence-corrected chi connectivity index (χ3v) is 5.67. The van der Waals surface area contributed by atoms with Gasteiger partial charge >= 0.3 is 0 Å². The fourth-order valence-corrected chi connectivity index (χ4v) is 4.01. The van der Waals surface area contributed by atoms with E-state index in [4.69, 9.17) is 14.2 Å². The lowest BCUT2D eigenvalue weighted by Gasteiger charge is -2.37. The molecule has 2 aliphatic rings. The summed E-state index contributed by atoms with van der Waals surface area (Å²) in [6, 6.07) is 3.81. The van der Waals surface area contributed by atoms with Crippen LogP contribution in [0.25, 0.3) is 0 Å². The van der Waals surface area contributed by atoms with Crippen LogP contribution in [0.15, 0.2) is 12.1 Å². The van der Waals surface area contributed by atoms with Crippen LogP contribution in [0.2, 0.25) is 0 Å². The van der Waals surface area contributed by atoms with E-state index < -0.39 is 0 Å². The third-order valence-electron chi connectivity index (χ3n) is 5.67. The van der Waals surface area contributed by atoms with E-state index in [0.29, 0.717) is 42.7 Å². The standard InChI is InChI=1S/C22H34N2O4/c1-4-5-8-24-9-7-17(20(15-24)26-3)14-23-22(25)18-12-16(2)13-19-21(18)28-11-6-10-27-19/h12-13,17,20H,4-11,14-15H2,1-3H3,(H,23,25)/t17-,20+/m0/s1. The average Bonchev–Trinajstić information content (AvgIpc) is 2.95. The summed E-state index contributed by atoms with van der Waals surface area (Å²) in [6.07, 6.45) is 4.44. The Labute approximate surface area is 168 Å². The SMILES string of the molecule is CCCCN1CC[C@@H](CNC(=O)c2cc(C)cc3c2OCCCO3)[C@H](OC)C1. The number of benzene rings is 1. The Kier molecular flexibility index (Phi) is 7.57. The van der Waals surface area contributed by atoms with Crippen LogP contribution >= 0.6 is 0 Å². The van der Waals surface area contributed by atoms with Gasteiger partial charge in [0.25, 0.3) is 5.91 Å². The number of rotatable bonds is 7. The number of hydrogen-bond acceptors (Lipinski definition) is 5. The van der Waals surface area contributed by atoms with Crippen molar-refractivity contribution in [3.05, 3.63) is 23.3 Å². The molecule has 156 valence electrons. The largest absolute Gasteiger partial charge is 0.490 e. The van der Waals surface area contributed by atoms with Gasteiger partial charge in [-0.25, -0.2) is 0 Å². The van der Waals surface area contributed by atoms with Crippen LogP contribution in [0.4, 0.5) is 0 Å². The molecule has 0 spiro atoms. The van der Waals surface area contributed by atoms with E-state index in [9.17, 15) is 4.79 Å². The summed E-state index contributed by atoms with van der Waals surface area (Å²) in [6.45, 7) is 9.12. The van der Waals surface area contributed by atoms with Crippen LogP contribution in [0.3, 0.4) is 0 Å². The van der Waals surface area contributed by atoms with Gasteiger partial charge in [-0.2, -0.15) is 0 Å². The van der Waals surface area contributed by atoms with Gasteiger partial charge in [-0.1, -0.05) is 13.3 Å². The lowest BCUT2D eigenvalue weighted by atomic mass is 9.93. The molecule has 0 saturated carbocycles. The molecule has 6 heteroatoms. The first-order chi connectivity index (χ1) is 13.6. The summed E-state index contributed by atoms with van der Waals surface area (Å²) >= 11 is 0. The highest BCUT2D eigenvalue weighted by Gasteiger charge is 2.30. The molecule has 0 bridgehead atoms. The molecule has 6 nitrogen and oxygen atoms in total. The van der Waals surface area contributed by atoms with Gasteiger partial charge in [-0.3, -0.25) is 4.79 Å². The third kappa shape index (κ3) is 5.17. The van der Waals surface area contributed by atoms with Gasteiger partial charge in [-0.05, 0) is 50.6 Å². The predicted octanol–water partition coefficient (Wildman–Crippen LogP) is 3.02. The van der Waals surface area contributed by atoms with Gasteiger partial charge in [0.05, 0.1) is 24.9 Å². The van der Waals surface area contributed by atoms with Crippen molar-refractivity contribution in [3.8, 4) is 11.5 Å². The molecule has 0 unspecified atom stereocenters. The first-order valence-corrected chi connectivity index (χ1v) is 10.6. The molecule has 3 rings (SSSR count). The predicted molar refractivity (Wildman–Crippen MR) is 109 cm³/mol. The van der Waals surface area contributed by atoms with Crippen LogP contribution in [0, 0.1) is 12.8 Å². The number of nitrogens with one attached hydrogen (secondary N) is 1. The van der Waals surface area contributed by atoms with E-state index in [1.165, 1.54) is 12.8 Å². The van der Waals surface area contributed by atoms with Crippen molar-refractivity contribution >= 4 is 5.91 Å². The maximum absolute atomic E-state index is 12.9. The Morgan fingerprint density at radius 1 is 1.32 bits per heavy atom. The fourth-order valence-electron chi connectivity index (χ4n) is 4.01. The van der Waals surface area contributed by atoms with E-state index in [0.717, 1.165) is 38.0 Å². The van der Waals surface area contributed by atoms with Crippen molar-refractivity contribution < 1.29 is 19.0 Å². The Morgan fingerprint density at radius 2 is 2.14 bits per heavy atom. The number of likely N-dealkylation sites (tertiary alicyclic amines) is 1. The van der Waals surface area contributed by atoms with Crippen molar-refractivity contribution in [3.63, 3.8) is 0 Å². The van der Waals surface area contributed by atoms with Gasteiger partial charge < -0.3 is 24.4 Å². The van der Waals surface area contributed by atoms with Gasteiger partial charge in [0, 0.05) is 32.5 Å². The molecule has 2 heterocycles. The molecule has 0 aromatic heterocycles. The minimum absolute atomic E-state index is 0.103. The van der Waals surface area contributed by atoms with E-state index in [1.54, 1.807) is 7.11 Å². The van der Waals surface area contributed by atoms with Crippen LogP contribution in [-0.2, 0) is 4.74 Å². The molecule has 1 N–H and O–H groups in total. The molecule has 1 amide bonds. The fraction of sp³-hybridized carbons (Fsp3) is 0.682. The van der Waals surface area contributed by atoms with Crippen LogP contribution in [0.1, 0.15) is 48.5 Å². The van der Waals surface area contributed by atoms with E-state index >= 15 is 0 Å². The maximum atomic E-state index is 12.9. The van der Waals surface area contributed by atoms with Gasteiger partial charge in [0.2, 0.25) is 0 Å². The minimum Gasteiger partial charge on any atom is -0.490 e. The van der Waals surface area contributed by atoms with E-state index in [1.807, 2.05) is 19.1 Å². The summed E-state index contributed by atoms with van der Waals surface area (Å²) in [5, 5.41) is 3.12. The second kappa shape index (κ2) is 10.1. The number of aryl methyl sites for hydroxylation is 1. The minimum atomic E-state index is -0.103. The molecule has 2 aliphatic heterocycles. The Bertz CT molecular complexity index is 664. The molecule has 1 saturated heterocycles. The zero-order chi connectivity index (χ0) is 19.9. The molecular weight excluding hydrogens is 356 g/mol. The normalized spacial score (nSPS) is 22.5. The average molecular weight is 391 g/mol. The Balaban J connectivity index is 1.62. The second-order valence-electron chi connectivity index (χ2n) is 7.88. The highest BCUT2D eigenvalue weighted by molar-refractivity contribution is 5.98. The zero-order valence-electron chi connectivity index (χ0n) is 17.5. The number of unbranched alkanes of at least 4 members (excludes halogenated alkanes) is 1. The van der Waals surface area contributed by atoms with E-state index in [2.05, 4.69) is 17.1 Å². The van der Waals surface area contributed by atoms with Crippen molar-refractivity contribution in [1.82, 2.24) is 10.2 Å². The second-order valence-corrected chi connectivity index (χ2v) is 7.88. The van der Waals surface area contributed by atoms with E-state index in [-0.39, 0.29) is 12.0 Å². The summed E-state index contributed by atoms with van der Waals surface area (Å²) in [4.78, 5) is 15.4. The highest BCUT2D eigenvalue weighted by atomic mass is 16.5. The molecule has 1 aromatic rings.